The minimum Gasteiger partial charge on any atom is -0.476 e. The van der Waals surface area contributed by atoms with Crippen LogP contribution in [0, 0.1) is 5.92 Å². The molecule has 0 amide bonds. The van der Waals surface area contributed by atoms with Gasteiger partial charge in [-0.15, -0.1) is 5.10 Å². The van der Waals surface area contributed by atoms with Crippen LogP contribution in [0.5, 0.6) is 0 Å². The quantitative estimate of drug-likeness (QED) is 0.726. The highest BCUT2D eigenvalue weighted by molar-refractivity contribution is 5.84. The largest absolute Gasteiger partial charge is 0.476 e. The zero-order valence-electron chi connectivity index (χ0n) is 8.55. The molecule has 2 heterocycles. The van der Waals surface area contributed by atoms with Gasteiger partial charge in [-0.25, -0.2) is 9.48 Å². The van der Waals surface area contributed by atoms with Crippen LogP contribution in [0.4, 0.5) is 0 Å². The van der Waals surface area contributed by atoms with E-state index in [1.807, 2.05) is 0 Å². The molecule has 6 heteroatoms. The van der Waals surface area contributed by atoms with Crippen molar-refractivity contribution < 1.29 is 9.90 Å². The van der Waals surface area contributed by atoms with Gasteiger partial charge in [-0.2, -0.15) is 0 Å². The van der Waals surface area contributed by atoms with Crippen LogP contribution in [-0.2, 0) is 0 Å². The van der Waals surface area contributed by atoms with Crippen molar-refractivity contribution in [3.05, 3.63) is 11.9 Å². The molecule has 0 bridgehead atoms. The number of carbonyl (C=O) groups is 1. The van der Waals surface area contributed by atoms with Gasteiger partial charge in [0.2, 0.25) is 0 Å². The average molecular weight is 210 g/mol. The summed E-state index contributed by atoms with van der Waals surface area (Å²) in [6, 6.07) is 0.217. The molecule has 0 radical (unpaired) electrons. The number of hydrogen-bond donors (Lipinski definition) is 2. The smallest absolute Gasteiger partial charge is 0.358 e. The average Bonchev–Trinajstić information content (AvgIpc) is 2.66. The van der Waals surface area contributed by atoms with E-state index in [4.69, 9.17) is 5.11 Å². The minimum absolute atomic E-state index is 0.00762. The first kappa shape index (κ1) is 10.1. The van der Waals surface area contributed by atoms with E-state index in [-0.39, 0.29) is 11.7 Å². The second kappa shape index (κ2) is 3.98. The van der Waals surface area contributed by atoms with E-state index < -0.39 is 5.97 Å². The molecule has 2 N–H and O–H groups in total. The standard InChI is InChI=1S/C9H14N4O2/c1-6-2-7(4-10-3-6)13-5-8(9(14)15)11-12-13/h5-7,10H,2-4H2,1H3,(H,14,15)/t6-,7-/m0/s1. The molecule has 0 saturated carbocycles. The molecule has 0 spiro atoms. The first-order chi connectivity index (χ1) is 7.16. The SMILES string of the molecule is C[C@@H]1CNC[C@@H](n2cc(C(=O)O)nn2)C1. The number of aromatic carboxylic acids is 1. The van der Waals surface area contributed by atoms with E-state index in [2.05, 4.69) is 22.6 Å². The van der Waals surface area contributed by atoms with Crippen molar-refractivity contribution in [1.29, 1.82) is 0 Å². The predicted octanol–water partition coefficient (Wildman–Crippen LogP) is 0.147. The van der Waals surface area contributed by atoms with Gasteiger partial charge in [-0.1, -0.05) is 12.1 Å². The molecule has 0 unspecified atom stereocenters. The lowest BCUT2D eigenvalue weighted by atomic mass is 9.98. The number of carboxylic acid groups (broad SMARTS) is 1. The van der Waals surface area contributed by atoms with Gasteiger partial charge in [0, 0.05) is 6.54 Å². The summed E-state index contributed by atoms with van der Waals surface area (Å²) in [6.45, 7) is 4.00. The Morgan fingerprint density at radius 3 is 3.07 bits per heavy atom. The van der Waals surface area contributed by atoms with Crippen LogP contribution < -0.4 is 5.32 Å². The lowest BCUT2D eigenvalue weighted by molar-refractivity contribution is 0.0690. The van der Waals surface area contributed by atoms with Gasteiger partial charge in [-0.3, -0.25) is 0 Å². The Hall–Kier alpha value is -1.43. The number of rotatable bonds is 2. The van der Waals surface area contributed by atoms with Gasteiger partial charge in [0.15, 0.2) is 5.69 Å². The van der Waals surface area contributed by atoms with Crippen molar-refractivity contribution in [2.75, 3.05) is 13.1 Å². The molecule has 0 aromatic carbocycles. The fourth-order valence-electron chi connectivity index (χ4n) is 1.88. The molecule has 1 aromatic heterocycles. The van der Waals surface area contributed by atoms with Crippen LogP contribution >= 0.6 is 0 Å². The van der Waals surface area contributed by atoms with Crippen molar-refractivity contribution in [1.82, 2.24) is 20.3 Å². The summed E-state index contributed by atoms with van der Waals surface area (Å²) in [5, 5.41) is 19.4. The Balaban J connectivity index is 2.11. The van der Waals surface area contributed by atoms with Crippen LogP contribution in [0.1, 0.15) is 29.9 Å². The van der Waals surface area contributed by atoms with Gasteiger partial charge in [0.05, 0.1) is 12.2 Å². The van der Waals surface area contributed by atoms with Gasteiger partial charge >= 0.3 is 5.97 Å². The van der Waals surface area contributed by atoms with Gasteiger partial charge < -0.3 is 10.4 Å². The van der Waals surface area contributed by atoms with E-state index in [0.717, 1.165) is 19.5 Å². The van der Waals surface area contributed by atoms with E-state index >= 15 is 0 Å². The molecule has 15 heavy (non-hydrogen) atoms. The highest BCUT2D eigenvalue weighted by atomic mass is 16.4. The first-order valence-electron chi connectivity index (χ1n) is 5.02. The zero-order chi connectivity index (χ0) is 10.8. The van der Waals surface area contributed by atoms with Gasteiger partial charge in [0.1, 0.15) is 0 Å². The maximum atomic E-state index is 10.6. The summed E-state index contributed by atoms with van der Waals surface area (Å²) in [5.41, 5.74) is 0.00762. The van der Waals surface area contributed by atoms with Crippen molar-refractivity contribution >= 4 is 5.97 Å². The van der Waals surface area contributed by atoms with Gasteiger partial charge in [-0.05, 0) is 18.9 Å². The number of nitrogens with zero attached hydrogens (tertiary/aromatic N) is 3. The Bertz CT molecular complexity index is 363. The molecular formula is C9H14N4O2. The second-order valence-electron chi connectivity index (χ2n) is 4.04. The monoisotopic (exact) mass is 210 g/mol. The molecule has 2 atom stereocenters. The molecule has 2 rings (SSSR count). The molecule has 1 saturated heterocycles. The normalized spacial score (nSPS) is 26.5. The number of aromatic nitrogens is 3. The maximum absolute atomic E-state index is 10.6. The Morgan fingerprint density at radius 2 is 2.47 bits per heavy atom. The summed E-state index contributed by atoms with van der Waals surface area (Å²) in [4.78, 5) is 10.6. The Labute approximate surface area is 87.3 Å². The van der Waals surface area contributed by atoms with Crippen LogP contribution in [-0.4, -0.2) is 39.2 Å². The van der Waals surface area contributed by atoms with Crippen LogP contribution in [0.2, 0.25) is 0 Å². The third-order valence-corrected chi connectivity index (χ3v) is 2.65. The van der Waals surface area contributed by atoms with E-state index in [9.17, 15) is 4.79 Å². The minimum atomic E-state index is -1.03. The number of carboxylic acids is 1. The molecule has 1 fully saturated rings. The third-order valence-electron chi connectivity index (χ3n) is 2.65. The van der Waals surface area contributed by atoms with E-state index in [1.165, 1.54) is 6.20 Å². The highest BCUT2D eigenvalue weighted by Gasteiger charge is 2.21. The van der Waals surface area contributed by atoms with Crippen molar-refractivity contribution in [3.63, 3.8) is 0 Å². The fraction of sp³-hybridized carbons (Fsp3) is 0.667. The molecule has 82 valence electrons. The molecule has 1 aliphatic rings. The lowest BCUT2D eigenvalue weighted by Gasteiger charge is -2.27. The Morgan fingerprint density at radius 1 is 1.67 bits per heavy atom. The van der Waals surface area contributed by atoms with Crippen molar-refractivity contribution in [3.8, 4) is 0 Å². The van der Waals surface area contributed by atoms with E-state index in [0.29, 0.717) is 5.92 Å². The second-order valence-corrected chi connectivity index (χ2v) is 4.04. The summed E-state index contributed by atoms with van der Waals surface area (Å²) in [6.07, 6.45) is 2.50. The Kier molecular flexibility index (Phi) is 2.68. The number of piperidine rings is 1. The van der Waals surface area contributed by atoms with Crippen LogP contribution in [0.25, 0.3) is 0 Å². The van der Waals surface area contributed by atoms with Gasteiger partial charge in [0.25, 0.3) is 0 Å². The summed E-state index contributed by atoms with van der Waals surface area (Å²) in [5.74, 6) is -0.445. The molecule has 6 nitrogen and oxygen atoms in total. The number of hydrogen-bond acceptors (Lipinski definition) is 4. The third kappa shape index (κ3) is 2.15. The summed E-state index contributed by atoms with van der Waals surface area (Å²) in [7, 11) is 0. The predicted molar refractivity (Wildman–Crippen MR) is 52.7 cm³/mol. The fourth-order valence-corrected chi connectivity index (χ4v) is 1.88. The molecule has 0 aliphatic carbocycles. The molecule has 1 aromatic rings. The van der Waals surface area contributed by atoms with E-state index in [1.54, 1.807) is 4.68 Å². The summed E-state index contributed by atoms with van der Waals surface area (Å²) < 4.78 is 1.64. The highest BCUT2D eigenvalue weighted by Crippen LogP contribution is 2.19. The molecule has 1 aliphatic heterocycles. The van der Waals surface area contributed by atoms with Crippen LogP contribution in [0.15, 0.2) is 6.20 Å². The lowest BCUT2D eigenvalue weighted by Crippen LogP contribution is -2.36. The maximum Gasteiger partial charge on any atom is 0.358 e. The zero-order valence-corrected chi connectivity index (χ0v) is 8.55. The van der Waals surface area contributed by atoms with Crippen LogP contribution in [0.3, 0.4) is 0 Å². The first-order valence-corrected chi connectivity index (χ1v) is 5.02. The molecular weight excluding hydrogens is 196 g/mol. The topological polar surface area (TPSA) is 80.0 Å². The number of nitrogens with one attached hydrogen (secondary N) is 1. The summed E-state index contributed by atoms with van der Waals surface area (Å²) >= 11 is 0. The van der Waals surface area contributed by atoms with Crippen molar-refractivity contribution in [2.24, 2.45) is 5.92 Å². The van der Waals surface area contributed by atoms with Crippen molar-refractivity contribution in [2.45, 2.75) is 19.4 Å².